The highest BCUT2D eigenvalue weighted by molar-refractivity contribution is 5.98. The number of pyridine rings is 2. The van der Waals surface area contributed by atoms with Crippen molar-refractivity contribution in [2.24, 2.45) is 5.92 Å². The Labute approximate surface area is 183 Å². The van der Waals surface area contributed by atoms with Gasteiger partial charge in [0.2, 0.25) is 5.43 Å². The van der Waals surface area contributed by atoms with Crippen LogP contribution in [-0.4, -0.2) is 27.0 Å². The molecule has 32 heavy (non-hydrogen) atoms. The maximum atomic E-state index is 14.7. The molecule has 1 amide bonds. The average molecular weight is 438 g/mol. The minimum absolute atomic E-state index is 0.00275. The summed E-state index contributed by atoms with van der Waals surface area (Å²) in [5, 5.41) is 6.39. The first-order chi connectivity index (χ1) is 15.3. The fraction of sp³-hybridized carbons (Fsp3) is 0.375. The number of benzene rings is 1. The molecule has 3 aromatic rings. The van der Waals surface area contributed by atoms with Gasteiger partial charge in [-0.15, -0.1) is 0 Å². The van der Waals surface area contributed by atoms with E-state index < -0.39 is 23.0 Å². The van der Waals surface area contributed by atoms with E-state index in [9.17, 15) is 18.4 Å². The second-order valence-corrected chi connectivity index (χ2v) is 9.09. The molecule has 0 unspecified atom stereocenters. The van der Waals surface area contributed by atoms with Gasteiger partial charge >= 0.3 is 0 Å². The standard InChI is InChI=1S/C24H24F2N4O2/c1-13(2)27-20-6-4-16-21(31)17(23(32)29-24-9-7-14(24)8-10-24)12-30(22(16)28-20)19-5-3-15(25)11-18(19)26/h3-6,11-14H,7-10H2,1-2H3,(H,27,28)(H,29,32). The third-order valence-corrected chi connectivity index (χ3v) is 6.72. The molecule has 2 aliphatic carbocycles. The first-order valence-electron chi connectivity index (χ1n) is 10.9. The fourth-order valence-corrected chi connectivity index (χ4v) is 4.79. The number of carbonyl (C=O) groups is 1. The number of nitrogens with one attached hydrogen (secondary N) is 2. The number of anilines is 1. The molecule has 5 rings (SSSR count). The number of rotatable bonds is 5. The molecular weight excluding hydrogens is 414 g/mol. The van der Waals surface area contributed by atoms with Gasteiger partial charge in [0.15, 0.2) is 5.65 Å². The Kier molecular flexibility index (Phi) is 4.76. The molecule has 6 nitrogen and oxygen atoms in total. The molecule has 2 fully saturated rings. The summed E-state index contributed by atoms with van der Waals surface area (Å²) in [5.41, 5.74) is -0.576. The van der Waals surface area contributed by atoms with E-state index in [1.54, 1.807) is 12.1 Å². The van der Waals surface area contributed by atoms with E-state index in [0.29, 0.717) is 11.7 Å². The fourth-order valence-electron chi connectivity index (χ4n) is 4.79. The predicted octanol–water partition coefficient (Wildman–Crippen LogP) is 4.16. The highest BCUT2D eigenvalue weighted by Crippen LogP contribution is 2.53. The highest BCUT2D eigenvalue weighted by Gasteiger charge is 2.54. The van der Waals surface area contributed by atoms with Gasteiger partial charge < -0.3 is 10.6 Å². The van der Waals surface area contributed by atoms with Crippen LogP contribution in [0.2, 0.25) is 0 Å². The van der Waals surface area contributed by atoms with Crippen molar-refractivity contribution in [1.82, 2.24) is 14.9 Å². The number of amides is 1. The Morgan fingerprint density at radius 3 is 2.53 bits per heavy atom. The summed E-state index contributed by atoms with van der Waals surface area (Å²) >= 11 is 0. The lowest BCUT2D eigenvalue weighted by Gasteiger charge is -2.58. The van der Waals surface area contributed by atoms with E-state index in [1.165, 1.54) is 16.8 Å². The van der Waals surface area contributed by atoms with Crippen LogP contribution in [0.5, 0.6) is 0 Å². The maximum absolute atomic E-state index is 14.7. The maximum Gasteiger partial charge on any atom is 0.257 e. The molecule has 0 spiro atoms. The first-order valence-corrected chi connectivity index (χ1v) is 10.9. The molecule has 0 aliphatic heterocycles. The Morgan fingerprint density at radius 1 is 1.19 bits per heavy atom. The van der Waals surface area contributed by atoms with Crippen LogP contribution in [0.25, 0.3) is 16.7 Å². The van der Waals surface area contributed by atoms with Crippen LogP contribution in [0.15, 0.2) is 41.3 Å². The van der Waals surface area contributed by atoms with Gasteiger partial charge in [-0.2, -0.15) is 0 Å². The van der Waals surface area contributed by atoms with Crippen molar-refractivity contribution >= 4 is 22.8 Å². The summed E-state index contributed by atoms with van der Waals surface area (Å²) in [6, 6.07) is 6.49. The van der Waals surface area contributed by atoms with Crippen LogP contribution in [0.4, 0.5) is 14.6 Å². The Balaban J connectivity index is 1.67. The summed E-state index contributed by atoms with van der Waals surface area (Å²) in [4.78, 5) is 30.9. The lowest BCUT2D eigenvalue weighted by Crippen LogP contribution is -2.66. The molecule has 2 saturated carbocycles. The summed E-state index contributed by atoms with van der Waals surface area (Å²) in [5.74, 6) is -1.03. The first kappa shape index (κ1) is 20.6. The van der Waals surface area contributed by atoms with Gasteiger partial charge in [0.25, 0.3) is 5.91 Å². The lowest BCUT2D eigenvalue weighted by atomic mass is 9.53. The van der Waals surface area contributed by atoms with E-state index in [4.69, 9.17) is 0 Å². The van der Waals surface area contributed by atoms with Crippen LogP contribution in [0.1, 0.15) is 49.9 Å². The summed E-state index contributed by atoms with van der Waals surface area (Å²) < 4.78 is 29.6. The summed E-state index contributed by atoms with van der Waals surface area (Å²) in [6.45, 7) is 3.89. The average Bonchev–Trinajstić information content (AvgIpc) is 2.73. The normalized spacial score (nSPS) is 21.6. The molecule has 0 radical (unpaired) electrons. The minimum atomic E-state index is -0.818. The van der Waals surface area contributed by atoms with Gasteiger partial charge in [-0.1, -0.05) is 0 Å². The van der Waals surface area contributed by atoms with E-state index in [-0.39, 0.29) is 33.9 Å². The Bertz CT molecular complexity index is 1290. The molecule has 2 aliphatic rings. The predicted molar refractivity (Wildman–Crippen MR) is 118 cm³/mol. The van der Waals surface area contributed by atoms with Gasteiger partial charge in [-0.3, -0.25) is 14.2 Å². The quantitative estimate of drug-likeness (QED) is 0.627. The molecule has 2 aromatic heterocycles. The number of hydrogen-bond acceptors (Lipinski definition) is 4. The van der Waals surface area contributed by atoms with E-state index >= 15 is 0 Å². The summed E-state index contributed by atoms with van der Waals surface area (Å²) in [6.07, 6.45) is 5.29. The SMILES string of the molecule is CC(C)Nc1ccc2c(=O)c(C(=O)NC34CCC3CC4)cn(-c3ccc(F)cc3F)c2n1. The zero-order valence-corrected chi connectivity index (χ0v) is 17.9. The molecule has 166 valence electrons. The van der Waals surface area contributed by atoms with Crippen molar-refractivity contribution in [3.8, 4) is 5.69 Å². The topological polar surface area (TPSA) is 76.0 Å². The molecular formula is C24H24F2N4O2. The van der Waals surface area contributed by atoms with Crippen LogP contribution in [0.3, 0.4) is 0 Å². The monoisotopic (exact) mass is 438 g/mol. The molecule has 0 saturated heterocycles. The van der Waals surface area contributed by atoms with Gasteiger partial charge in [0.05, 0.1) is 11.1 Å². The van der Waals surface area contributed by atoms with Crippen LogP contribution < -0.4 is 16.1 Å². The highest BCUT2D eigenvalue weighted by atomic mass is 19.1. The molecule has 0 atom stereocenters. The zero-order chi connectivity index (χ0) is 22.6. The van der Waals surface area contributed by atoms with Crippen molar-refractivity contribution in [3.05, 3.63) is 63.9 Å². The van der Waals surface area contributed by atoms with Crippen molar-refractivity contribution in [2.45, 2.75) is 51.1 Å². The van der Waals surface area contributed by atoms with Gasteiger partial charge in [-0.05, 0) is 69.7 Å². The van der Waals surface area contributed by atoms with Crippen molar-refractivity contribution in [3.63, 3.8) is 0 Å². The third-order valence-electron chi connectivity index (χ3n) is 6.72. The largest absolute Gasteiger partial charge is 0.368 e. The second kappa shape index (κ2) is 7.39. The van der Waals surface area contributed by atoms with Crippen LogP contribution >= 0.6 is 0 Å². The Hall–Kier alpha value is -3.29. The summed E-state index contributed by atoms with van der Waals surface area (Å²) in [7, 11) is 0. The smallest absolute Gasteiger partial charge is 0.257 e. The third kappa shape index (κ3) is 3.25. The number of hydrogen-bond donors (Lipinski definition) is 2. The Morgan fingerprint density at radius 2 is 1.94 bits per heavy atom. The second-order valence-electron chi connectivity index (χ2n) is 9.09. The number of fused-ring (bicyclic) bond motifs is 2. The molecule has 2 N–H and O–H groups in total. The van der Waals surface area contributed by atoms with Crippen LogP contribution in [-0.2, 0) is 0 Å². The van der Waals surface area contributed by atoms with Crippen LogP contribution in [0, 0.1) is 17.6 Å². The molecule has 8 heteroatoms. The number of carbonyl (C=O) groups excluding carboxylic acids is 1. The van der Waals surface area contributed by atoms with Crippen molar-refractivity contribution in [2.75, 3.05) is 5.32 Å². The number of halogens is 2. The van der Waals surface area contributed by atoms with Gasteiger partial charge in [-0.25, -0.2) is 13.8 Å². The minimum Gasteiger partial charge on any atom is -0.368 e. The van der Waals surface area contributed by atoms with Crippen molar-refractivity contribution in [1.29, 1.82) is 0 Å². The van der Waals surface area contributed by atoms with Gasteiger partial charge in [0, 0.05) is 23.8 Å². The van der Waals surface area contributed by atoms with Gasteiger partial charge in [0.1, 0.15) is 23.0 Å². The number of nitrogens with zero attached hydrogens (tertiary/aromatic N) is 2. The lowest BCUT2D eigenvalue weighted by molar-refractivity contribution is -0.0153. The molecule has 0 bridgehead atoms. The van der Waals surface area contributed by atoms with E-state index in [0.717, 1.165) is 37.8 Å². The van der Waals surface area contributed by atoms with E-state index in [2.05, 4.69) is 15.6 Å². The number of aromatic nitrogens is 2. The molecule has 2 heterocycles. The zero-order valence-electron chi connectivity index (χ0n) is 17.9. The molecule has 1 aromatic carbocycles. The van der Waals surface area contributed by atoms with Crippen molar-refractivity contribution < 1.29 is 13.6 Å². The van der Waals surface area contributed by atoms with E-state index in [1.807, 2.05) is 13.8 Å².